The van der Waals surface area contributed by atoms with E-state index in [1.165, 1.54) is 12.1 Å². The van der Waals surface area contributed by atoms with Crippen LogP contribution in [-0.4, -0.2) is 15.5 Å². The van der Waals surface area contributed by atoms with Gasteiger partial charge < -0.3 is 9.88 Å². The SMILES string of the molecule is Cn1ccnc1[C@H](NC(=O)c1cccc(Cl)c1)c1ccc(F)cc1. The highest BCUT2D eigenvalue weighted by molar-refractivity contribution is 6.30. The van der Waals surface area contributed by atoms with E-state index in [9.17, 15) is 9.18 Å². The van der Waals surface area contributed by atoms with Crippen LogP contribution in [0.1, 0.15) is 27.8 Å². The fourth-order valence-electron chi connectivity index (χ4n) is 2.45. The zero-order valence-corrected chi connectivity index (χ0v) is 13.7. The summed E-state index contributed by atoms with van der Waals surface area (Å²) in [7, 11) is 1.84. The molecule has 1 aromatic heterocycles. The third-order valence-corrected chi connectivity index (χ3v) is 3.92. The number of aryl methyl sites for hydroxylation is 1. The lowest BCUT2D eigenvalue weighted by Crippen LogP contribution is -2.31. The second-order valence-corrected chi connectivity index (χ2v) is 5.80. The molecule has 0 spiro atoms. The molecule has 1 N–H and O–H groups in total. The Bertz CT molecular complexity index is 861. The number of nitrogens with zero attached hydrogens (tertiary/aromatic N) is 2. The largest absolute Gasteiger partial charge is 0.338 e. The van der Waals surface area contributed by atoms with Gasteiger partial charge in [-0.25, -0.2) is 9.37 Å². The average molecular weight is 344 g/mol. The zero-order chi connectivity index (χ0) is 17.1. The first kappa shape index (κ1) is 16.2. The van der Waals surface area contributed by atoms with Gasteiger partial charge >= 0.3 is 0 Å². The van der Waals surface area contributed by atoms with E-state index in [-0.39, 0.29) is 11.7 Å². The van der Waals surface area contributed by atoms with Gasteiger partial charge in [0, 0.05) is 30.0 Å². The molecule has 1 amide bonds. The Morgan fingerprint density at radius 1 is 1.25 bits per heavy atom. The highest BCUT2D eigenvalue weighted by atomic mass is 35.5. The molecule has 0 saturated heterocycles. The van der Waals surface area contributed by atoms with Crippen molar-refractivity contribution in [1.29, 1.82) is 0 Å². The van der Waals surface area contributed by atoms with E-state index >= 15 is 0 Å². The number of hydrogen-bond donors (Lipinski definition) is 1. The van der Waals surface area contributed by atoms with Crippen LogP contribution in [0.15, 0.2) is 60.9 Å². The fourth-order valence-corrected chi connectivity index (χ4v) is 2.64. The van der Waals surface area contributed by atoms with Crippen molar-refractivity contribution in [3.05, 3.63) is 88.7 Å². The lowest BCUT2D eigenvalue weighted by atomic mass is 10.1. The number of rotatable bonds is 4. The fraction of sp³-hybridized carbons (Fsp3) is 0.111. The smallest absolute Gasteiger partial charge is 0.252 e. The number of nitrogens with one attached hydrogen (secondary N) is 1. The highest BCUT2D eigenvalue weighted by Gasteiger charge is 2.21. The zero-order valence-electron chi connectivity index (χ0n) is 12.9. The Hall–Kier alpha value is -2.66. The summed E-state index contributed by atoms with van der Waals surface area (Å²) >= 11 is 5.95. The summed E-state index contributed by atoms with van der Waals surface area (Å²) in [6.07, 6.45) is 3.44. The highest BCUT2D eigenvalue weighted by Crippen LogP contribution is 2.22. The second-order valence-electron chi connectivity index (χ2n) is 5.36. The van der Waals surface area contributed by atoms with Gasteiger partial charge in [0.25, 0.3) is 5.91 Å². The predicted molar refractivity (Wildman–Crippen MR) is 90.4 cm³/mol. The molecule has 4 nitrogen and oxygen atoms in total. The Morgan fingerprint density at radius 2 is 2.00 bits per heavy atom. The molecule has 3 rings (SSSR count). The normalized spacial score (nSPS) is 12.0. The number of carbonyl (C=O) groups is 1. The van der Waals surface area contributed by atoms with E-state index in [1.54, 1.807) is 48.8 Å². The van der Waals surface area contributed by atoms with Gasteiger partial charge in [0.2, 0.25) is 0 Å². The van der Waals surface area contributed by atoms with Gasteiger partial charge in [0.1, 0.15) is 17.7 Å². The average Bonchev–Trinajstić information content (AvgIpc) is 2.99. The van der Waals surface area contributed by atoms with Gasteiger partial charge in [0.05, 0.1) is 0 Å². The molecule has 122 valence electrons. The Morgan fingerprint density at radius 3 is 2.62 bits per heavy atom. The molecule has 24 heavy (non-hydrogen) atoms. The first-order chi connectivity index (χ1) is 11.5. The van der Waals surface area contributed by atoms with E-state index in [0.29, 0.717) is 16.4 Å². The maximum atomic E-state index is 13.2. The van der Waals surface area contributed by atoms with Gasteiger partial charge in [0.15, 0.2) is 0 Å². The number of aromatic nitrogens is 2. The second kappa shape index (κ2) is 6.84. The molecule has 0 radical (unpaired) electrons. The van der Waals surface area contributed by atoms with Crippen molar-refractivity contribution in [1.82, 2.24) is 14.9 Å². The third kappa shape index (κ3) is 3.46. The maximum Gasteiger partial charge on any atom is 0.252 e. The molecule has 3 aromatic rings. The summed E-state index contributed by atoms with van der Waals surface area (Å²) in [5.74, 6) is 0.0327. The quantitative estimate of drug-likeness (QED) is 0.784. The van der Waals surface area contributed by atoms with Crippen molar-refractivity contribution in [3.63, 3.8) is 0 Å². The van der Waals surface area contributed by atoms with Crippen LogP contribution in [0.2, 0.25) is 5.02 Å². The Kier molecular flexibility index (Phi) is 4.62. The Labute approximate surface area is 143 Å². The van der Waals surface area contributed by atoms with Crippen molar-refractivity contribution in [2.45, 2.75) is 6.04 Å². The summed E-state index contributed by atoms with van der Waals surface area (Å²) in [5.41, 5.74) is 1.19. The van der Waals surface area contributed by atoms with Crippen LogP contribution in [0.25, 0.3) is 0 Å². The summed E-state index contributed by atoms with van der Waals surface area (Å²) < 4.78 is 15.0. The molecule has 1 heterocycles. The minimum Gasteiger partial charge on any atom is -0.338 e. The summed E-state index contributed by atoms with van der Waals surface area (Å²) in [6, 6.07) is 12.2. The lowest BCUT2D eigenvalue weighted by molar-refractivity contribution is 0.0941. The molecular weight excluding hydrogens is 329 g/mol. The number of amides is 1. The standard InChI is InChI=1S/C18H15ClFN3O/c1-23-10-9-21-17(23)16(12-5-7-15(20)8-6-12)22-18(24)13-3-2-4-14(19)11-13/h2-11,16H,1H3,(H,22,24)/t16-/m1/s1. The minimum absolute atomic E-state index is 0.283. The first-order valence-corrected chi connectivity index (χ1v) is 7.71. The predicted octanol–water partition coefficient (Wildman–Crippen LogP) is 3.73. The lowest BCUT2D eigenvalue weighted by Gasteiger charge is -2.19. The minimum atomic E-state index is -0.503. The van der Waals surface area contributed by atoms with Gasteiger partial charge in [-0.2, -0.15) is 0 Å². The van der Waals surface area contributed by atoms with E-state index in [0.717, 1.165) is 5.56 Å². The molecule has 0 saturated carbocycles. The number of carbonyl (C=O) groups excluding carboxylic acids is 1. The molecule has 2 aromatic carbocycles. The topological polar surface area (TPSA) is 46.9 Å². The van der Waals surface area contributed by atoms with Crippen molar-refractivity contribution in [2.75, 3.05) is 0 Å². The van der Waals surface area contributed by atoms with Crippen LogP contribution in [0.5, 0.6) is 0 Å². The molecule has 0 fully saturated rings. The number of benzene rings is 2. The summed E-state index contributed by atoms with van der Waals surface area (Å²) in [6.45, 7) is 0. The van der Waals surface area contributed by atoms with Crippen LogP contribution in [0, 0.1) is 5.82 Å². The van der Waals surface area contributed by atoms with Crippen molar-refractivity contribution >= 4 is 17.5 Å². The van der Waals surface area contributed by atoms with E-state index in [4.69, 9.17) is 11.6 Å². The van der Waals surface area contributed by atoms with Crippen molar-refractivity contribution < 1.29 is 9.18 Å². The monoisotopic (exact) mass is 343 g/mol. The van der Waals surface area contributed by atoms with E-state index < -0.39 is 6.04 Å². The molecule has 0 aliphatic rings. The van der Waals surface area contributed by atoms with Crippen LogP contribution in [0.3, 0.4) is 0 Å². The van der Waals surface area contributed by atoms with Gasteiger partial charge in [-0.15, -0.1) is 0 Å². The van der Waals surface area contributed by atoms with Gasteiger partial charge in [-0.3, -0.25) is 4.79 Å². The summed E-state index contributed by atoms with van der Waals surface area (Å²) in [5, 5.41) is 3.42. The number of halogens is 2. The molecular formula is C18H15ClFN3O. The number of hydrogen-bond acceptors (Lipinski definition) is 2. The van der Waals surface area contributed by atoms with Gasteiger partial charge in [-0.05, 0) is 35.9 Å². The van der Waals surface area contributed by atoms with Crippen LogP contribution < -0.4 is 5.32 Å². The molecule has 1 atom stereocenters. The first-order valence-electron chi connectivity index (χ1n) is 7.34. The molecule has 0 bridgehead atoms. The number of imidazole rings is 1. The van der Waals surface area contributed by atoms with Crippen LogP contribution in [-0.2, 0) is 7.05 Å². The van der Waals surface area contributed by atoms with Crippen molar-refractivity contribution in [3.8, 4) is 0 Å². The van der Waals surface area contributed by atoms with E-state index in [2.05, 4.69) is 10.3 Å². The Balaban J connectivity index is 1.95. The van der Waals surface area contributed by atoms with Crippen molar-refractivity contribution in [2.24, 2.45) is 7.05 Å². The van der Waals surface area contributed by atoms with E-state index in [1.807, 2.05) is 11.6 Å². The maximum absolute atomic E-state index is 13.2. The van der Waals surface area contributed by atoms with Crippen LogP contribution in [0.4, 0.5) is 4.39 Å². The molecule has 0 aliphatic carbocycles. The molecule has 6 heteroatoms. The molecule has 0 unspecified atom stereocenters. The third-order valence-electron chi connectivity index (χ3n) is 3.68. The molecule has 0 aliphatic heterocycles. The summed E-state index contributed by atoms with van der Waals surface area (Å²) in [4.78, 5) is 16.9. The van der Waals surface area contributed by atoms with Crippen LogP contribution >= 0.6 is 11.6 Å². The van der Waals surface area contributed by atoms with Gasteiger partial charge in [-0.1, -0.05) is 29.8 Å².